The van der Waals surface area contributed by atoms with Crippen LogP contribution in [-0.4, -0.2) is 30.8 Å². The van der Waals surface area contributed by atoms with Gasteiger partial charge in [0.1, 0.15) is 12.4 Å². The van der Waals surface area contributed by atoms with Crippen molar-refractivity contribution in [1.82, 2.24) is 10.6 Å². The van der Waals surface area contributed by atoms with Crippen LogP contribution in [0.1, 0.15) is 18.1 Å². The molecule has 0 radical (unpaired) electrons. The highest BCUT2D eigenvalue weighted by Crippen LogP contribution is 2.15. The Balaban J connectivity index is 0.00000288. The molecule has 0 aliphatic rings. The fourth-order valence-electron chi connectivity index (χ4n) is 2.21. The number of hydrogen-bond acceptors (Lipinski definition) is 4. The van der Waals surface area contributed by atoms with Crippen molar-refractivity contribution in [1.29, 1.82) is 0 Å². The quantitative estimate of drug-likeness (QED) is 0.548. The third-order valence-electron chi connectivity index (χ3n) is 3.39. The van der Waals surface area contributed by atoms with Gasteiger partial charge in [0.05, 0.1) is 6.10 Å². The molecule has 2 aromatic carbocycles. The summed E-state index contributed by atoms with van der Waals surface area (Å²) < 4.78 is 5.84. The highest BCUT2D eigenvalue weighted by atomic mass is 35.5. The molecule has 2 aromatic rings. The molecule has 0 heterocycles. The summed E-state index contributed by atoms with van der Waals surface area (Å²) in [6.45, 7) is 5.50. The van der Waals surface area contributed by atoms with Crippen molar-refractivity contribution in [3.63, 3.8) is 0 Å². The topological polar surface area (TPSA) is 53.5 Å². The summed E-state index contributed by atoms with van der Waals surface area (Å²) >= 11 is 0. The summed E-state index contributed by atoms with van der Waals surface area (Å²) in [4.78, 5) is 0. The number of halogens is 2. The Bertz CT molecular complexity index is 568. The molecule has 0 saturated carbocycles. The molecule has 0 spiro atoms. The van der Waals surface area contributed by atoms with Crippen molar-refractivity contribution in [2.75, 3.05) is 19.6 Å². The van der Waals surface area contributed by atoms with Crippen LogP contribution in [0.5, 0.6) is 5.75 Å². The fraction of sp³-hybridized carbons (Fsp3) is 0.368. The fourth-order valence-corrected chi connectivity index (χ4v) is 2.21. The lowest BCUT2D eigenvalue weighted by atomic mass is 10.2. The second-order valence-electron chi connectivity index (χ2n) is 5.65. The third kappa shape index (κ3) is 10.3. The van der Waals surface area contributed by atoms with Crippen LogP contribution in [0.15, 0.2) is 54.6 Å². The van der Waals surface area contributed by atoms with Crippen LogP contribution in [0, 0.1) is 0 Å². The van der Waals surface area contributed by atoms with E-state index in [-0.39, 0.29) is 30.9 Å². The summed E-state index contributed by atoms with van der Waals surface area (Å²) in [6, 6.07) is 18.3. The highest BCUT2D eigenvalue weighted by Gasteiger charge is 1.99. The minimum absolute atomic E-state index is 0. The monoisotopic (exact) mass is 386 g/mol. The van der Waals surface area contributed by atoms with Crippen LogP contribution >= 0.6 is 24.8 Å². The lowest BCUT2D eigenvalue weighted by molar-refractivity contribution is 0.191. The first kappa shape index (κ1) is 23.7. The first-order chi connectivity index (χ1) is 11.2. The Kier molecular flexibility index (Phi) is 13.2. The molecule has 25 heavy (non-hydrogen) atoms. The molecule has 1 atom stereocenters. The minimum atomic E-state index is -0.298. The lowest BCUT2D eigenvalue weighted by Gasteiger charge is -2.10. The van der Waals surface area contributed by atoms with Crippen molar-refractivity contribution < 1.29 is 9.84 Å². The maximum Gasteiger partial charge on any atom is 0.120 e. The molecular formula is C19H28Cl2N2O2. The molecule has 0 fully saturated rings. The van der Waals surface area contributed by atoms with Gasteiger partial charge < -0.3 is 20.5 Å². The number of ether oxygens (including phenoxy) is 1. The zero-order valence-corrected chi connectivity index (χ0v) is 16.1. The molecule has 2 rings (SSSR count). The van der Waals surface area contributed by atoms with Crippen molar-refractivity contribution in [3.8, 4) is 5.75 Å². The number of aliphatic hydroxyl groups excluding tert-OH is 1. The van der Waals surface area contributed by atoms with Crippen LogP contribution < -0.4 is 15.4 Å². The first-order valence-electron chi connectivity index (χ1n) is 8.09. The van der Waals surface area contributed by atoms with Crippen LogP contribution in [0.25, 0.3) is 0 Å². The third-order valence-corrected chi connectivity index (χ3v) is 3.39. The molecule has 0 aromatic heterocycles. The summed E-state index contributed by atoms with van der Waals surface area (Å²) in [5.74, 6) is 0.889. The molecule has 3 N–H and O–H groups in total. The van der Waals surface area contributed by atoms with Crippen molar-refractivity contribution in [3.05, 3.63) is 65.7 Å². The van der Waals surface area contributed by atoms with E-state index in [4.69, 9.17) is 9.84 Å². The summed E-state index contributed by atoms with van der Waals surface area (Å²) in [5, 5.41) is 15.7. The van der Waals surface area contributed by atoms with Gasteiger partial charge in [-0.15, -0.1) is 24.8 Å². The Labute approximate surface area is 162 Å². The first-order valence-corrected chi connectivity index (χ1v) is 8.09. The van der Waals surface area contributed by atoms with E-state index in [9.17, 15) is 0 Å². The van der Waals surface area contributed by atoms with E-state index in [2.05, 4.69) is 34.9 Å². The van der Waals surface area contributed by atoms with Gasteiger partial charge in [0.2, 0.25) is 0 Å². The normalized spacial score (nSPS) is 11.1. The van der Waals surface area contributed by atoms with Crippen LogP contribution in [0.3, 0.4) is 0 Å². The molecule has 4 nitrogen and oxygen atoms in total. The largest absolute Gasteiger partial charge is 0.489 e. The molecule has 0 bridgehead atoms. The van der Waals surface area contributed by atoms with Gasteiger partial charge in [-0.1, -0.05) is 42.5 Å². The molecule has 1 unspecified atom stereocenters. The van der Waals surface area contributed by atoms with E-state index in [1.165, 1.54) is 11.1 Å². The maximum atomic E-state index is 9.15. The molecule has 0 saturated heterocycles. The number of nitrogens with one attached hydrogen (secondary N) is 2. The predicted octanol–water partition coefficient (Wildman–Crippen LogP) is 3.17. The Hall–Kier alpha value is -1.30. The second-order valence-corrected chi connectivity index (χ2v) is 5.65. The van der Waals surface area contributed by atoms with E-state index >= 15 is 0 Å². The van der Waals surface area contributed by atoms with Gasteiger partial charge in [0, 0.05) is 26.2 Å². The summed E-state index contributed by atoms with van der Waals surface area (Å²) in [7, 11) is 0. The average molecular weight is 387 g/mol. The van der Waals surface area contributed by atoms with Gasteiger partial charge in [0.25, 0.3) is 0 Å². The zero-order chi connectivity index (χ0) is 16.3. The van der Waals surface area contributed by atoms with E-state index in [1.807, 2.05) is 30.3 Å². The standard InChI is InChI=1S/C19H26N2O2.2ClH/c1-16(22)13-20-10-11-21-14-18-8-5-9-19(12-18)23-15-17-6-3-2-4-7-17;;/h2-9,12,16,20-22H,10-11,13-15H2,1H3;2*1H. The summed E-state index contributed by atoms with van der Waals surface area (Å²) in [5.41, 5.74) is 2.37. The zero-order valence-electron chi connectivity index (χ0n) is 14.5. The average Bonchev–Trinajstić information content (AvgIpc) is 2.57. The SMILES string of the molecule is CC(O)CNCCNCc1cccc(OCc2ccccc2)c1.Cl.Cl. The van der Waals surface area contributed by atoms with Gasteiger partial charge in [-0.2, -0.15) is 0 Å². The Morgan fingerprint density at radius 2 is 1.60 bits per heavy atom. The van der Waals surface area contributed by atoms with Gasteiger partial charge in [-0.25, -0.2) is 0 Å². The van der Waals surface area contributed by atoms with E-state index in [0.717, 1.165) is 25.4 Å². The minimum Gasteiger partial charge on any atom is -0.489 e. The van der Waals surface area contributed by atoms with Crippen molar-refractivity contribution >= 4 is 24.8 Å². The number of hydrogen-bond donors (Lipinski definition) is 3. The molecule has 0 aliphatic carbocycles. The van der Waals surface area contributed by atoms with Gasteiger partial charge in [0.15, 0.2) is 0 Å². The second kappa shape index (κ2) is 13.9. The Morgan fingerprint density at radius 1 is 0.920 bits per heavy atom. The summed E-state index contributed by atoms with van der Waals surface area (Å²) in [6.07, 6.45) is -0.298. The van der Waals surface area contributed by atoms with Crippen LogP contribution in [0.2, 0.25) is 0 Å². The van der Waals surface area contributed by atoms with E-state index < -0.39 is 0 Å². The van der Waals surface area contributed by atoms with Gasteiger partial charge >= 0.3 is 0 Å². The lowest BCUT2D eigenvalue weighted by Crippen LogP contribution is -2.31. The Morgan fingerprint density at radius 3 is 2.32 bits per heavy atom. The van der Waals surface area contributed by atoms with Gasteiger partial charge in [-0.3, -0.25) is 0 Å². The maximum absolute atomic E-state index is 9.15. The molecule has 6 heteroatoms. The van der Waals surface area contributed by atoms with Crippen molar-refractivity contribution in [2.45, 2.75) is 26.2 Å². The van der Waals surface area contributed by atoms with Crippen LogP contribution in [-0.2, 0) is 13.2 Å². The molecule has 0 amide bonds. The molecule has 0 aliphatic heterocycles. The number of rotatable bonds is 10. The van der Waals surface area contributed by atoms with Crippen molar-refractivity contribution in [2.24, 2.45) is 0 Å². The predicted molar refractivity (Wildman–Crippen MR) is 108 cm³/mol. The smallest absolute Gasteiger partial charge is 0.120 e. The van der Waals surface area contributed by atoms with Crippen LogP contribution in [0.4, 0.5) is 0 Å². The highest BCUT2D eigenvalue weighted by molar-refractivity contribution is 5.85. The van der Waals surface area contributed by atoms with Gasteiger partial charge in [-0.05, 0) is 30.2 Å². The molecule has 140 valence electrons. The number of benzene rings is 2. The van der Waals surface area contributed by atoms with E-state index in [1.54, 1.807) is 6.92 Å². The number of aliphatic hydroxyl groups is 1. The van der Waals surface area contributed by atoms with E-state index in [0.29, 0.717) is 13.2 Å². The molecular weight excluding hydrogens is 359 g/mol.